The van der Waals surface area contributed by atoms with Crippen LogP contribution in [0.1, 0.15) is 36.8 Å². The number of aryl methyl sites for hydroxylation is 2. The summed E-state index contributed by atoms with van der Waals surface area (Å²) in [5.41, 5.74) is 2.29. The van der Waals surface area contributed by atoms with Crippen molar-refractivity contribution in [3.05, 3.63) is 29.3 Å². The first-order valence-electron chi connectivity index (χ1n) is 8.24. The maximum Gasteiger partial charge on any atom is 0.260 e. The van der Waals surface area contributed by atoms with Gasteiger partial charge in [0.2, 0.25) is 0 Å². The molecule has 0 aromatic heterocycles. The van der Waals surface area contributed by atoms with Gasteiger partial charge in [-0.2, -0.15) is 0 Å². The lowest BCUT2D eigenvalue weighted by atomic mass is 9.98. The molecular formula is C18H27ClN2O2. The molecule has 1 aromatic rings. The number of fused-ring (bicyclic) bond motifs is 2. The Kier molecular flexibility index (Phi) is 5.93. The summed E-state index contributed by atoms with van der Waals surface area (Å²) in [5, 5.41) is 3.62. The topological polar surface area (TPSA) is 41.6 Å². The largest absolute Gasteiger partial charge is 0.484 e. The van der Waals surface area contributed by atoms with Gasteiger partial charge in [-0.25, -0.2) is 0 Å². The van der Waals surface area contributed by atoms with Crippen LogP contribution in [0.2, 0.25) is 0 Å². The smallest absolute Gasteiger partial charge is 0.260 e. The second kappa shape index (κ2) is 7.54. The van der Waals surface area contributed by atoms with Crippen molar-refractivity contribution < 1.29 is 9.53 Å². The standard InChI is InChI=1S/C18H26N2O2.ClH/c1-12-4-7-17(13(2)8-12)22-11-18(21)20(3)16-9-14-5-6-15(10-16)19-14;/h4,7-8,14-16,19H,5-6,9-11H2,1-3H3;1H. The second-order valence-corrected chi connectivity index (χ2v) is 6.83. The van der Waals surface area contributed by atoms with Crippen molar-refractivity contribution in [2.45, 2.75) is 57.7 Å². The molecule has 1 N–H and O–H groups in total. The van der Waals surface area contributed by atoms with Crippen LogP contribution in [0.15, 0.2) is 18.2 Å². The van der Waals surface area contributed by atoms with Crippen LogP contribution < -0.4 is 10.1 Å². The lowest BCUT2D eigenvalue weighted by Crippen LogP contribution is -2.49. The Balaban J connectivity index is 0.00000192. The molecule has 2 heterocycles. The lowest BCUT2D eigenvalue weighted by molar-refractivity contribution is -0.134. The summed E-state index contributed by atoms with van der Waals surface area (Å²) in [5.74, 6) is 0.879. The minimum Gasteiger partial charge on any atom is -0.484 e. The van der Waals surface area contributed by atoms with E-state index in [0.717, 1.165) is 24.2 Å². The molecule has 2 bridgehead atoms. The molecule has 0 spiro atoms. The van der Waals surface area contributed by atoms with Crippen molar-refractivity contribution >= 4 is 18.3 Å². The highest BCUT2D eigenvalue weighted by molar-refractivity contribution is 5.85. The van der Waals surface area contributed by atoms with E-state index in [1.165, 1.54) is 18.4 Å². The van der Waals surface area contributed by atoms with Crippen molar-refractivity contribution in [2.24, 2.45) is 0 Å². The molecule has 0 aliphatic carbocycles. The zero-order chi connectivity index (χ0) is 15.7. The van der Waals surface area contributed by atoms with Crippen LogP contribution in [0.4, 0.5) is 0 Å². The predicted octanol–water partition coefficient (Wildman–Crippen LogP) is 2.85. The minimum absolute atomic E-state index is 0. The first-order chi connectivity index (χ1) is 10.5. The number of rotatable bonds is 4. The normalized spacial score (nSPS) is 25.6. The molecular weight excluding hydrogens is 312 g/mol. The zero-order valence-electron chi connectivity index (χ0n) is 14.2. The number of nitrogens with one attached hydrogen (secondary N) is 1. The number of carbonyl (C=O) groups excluding carboxylic acids is 1. The van der Waals surface area contributed by atoms with Crippen molar-refractivity contribution in [3.63, 3.8) is 0 Å². The second-order valence-electron chi connectivity index (χ2n) is 6.83. The van der Waals surface area contributed by atoms with Crippen LogP contribution in [0.5, 0.6) is 5.75 Å². The van der Waals surface area contributed by atoms with Crippen molar-refractivity contribution in [1.29, 1.82) is 0 Å². The molecule has 2 aliphatic rings. The Morgan fingerprint density at radius 2 is 1.91 bits per heavy atom. The van der Waals surface area contributed by atoms with E-state index < -0.39 is 0 Å². The molecule has 1 amide bonds. The van der Waals surface area contributed by atoms with Gasteiger partial charge in [-0.15, -0.1) is 12.4 Å². The van der Waals surface area contributed by atoms with Gasteiger partial charge in [0.05, 0.1) is 0 Å². The number of likely N-dealkylation sites (N-methyl/N-ethyl adjacent to an activating group) is 1. The van der Waals surface area contributed by atoms with Crippen molar-refractivity contribution in [2.75, 3.05) is 13.7 Å². The Morgan fingerprint density at radius 1 is 1.26 bits per heavy atom. The summed E-state index contributed by atoms with van der Waals surface area (Å²) in [6.07, 6.45) is 4.65. The zero-order valence-corrected chi connectivity index (χ0v) is 15.0. The van der Waals surface area contributed by atoms with E-state index in [1.807, 2.05) is 31.0 Å². The monoisotopic (exact) mass is 338 g/mol. The first kappa shape index (κ1) is 18.1. The minimum atomic E-state index is 0. The third kappa shape index (κ3) is 4.18. The van der Waals surface area contributed by atoms with E-state index in [0.29, 0.717) is 18.1 Å². The van der Waals surface area contributed by atoms with Gasteiger partial charge in [0.25, 0.3) is 5.91 Å². The van der Waals surface area contributed by atoms with E-state index in [4.69, 9.17) is 4.74 Å². The Labute approximate surface area is 145 Å². The number of carbonyl (C=O) groups is 1. The lowest BCUT2D eigenvalue weighted by Gasteiger charge is -2.35. The van der Waals surface area contributed by atoms with Crippen LogP contribution in [-0.4, -0.2) is 42.6 Å². The van der Waals surface area contributed by atoms with Gasteiger partial charge >= 0.3 is 0 Å². The predicted molar refractivity (Wildman–Crippen MR) is 94.4 cm³/mol. The van der Waals surface area contributed by atoms with Crippen LogP contribution in [0.25, 0.3) is 0 Å². The fraction of sp³-hybridized carbons (Fsp3) is 0.611. The van der Waals surface area contributed by atoms with E-state index in [2.05, 4.69) is 18.3 Å². The highest BCUT2D eigenvalue weighted by Gasteiger charge is 2.36. The molecule has 4 nitrogen and oxygen atoms in total. The fourth-order valence-electron chi connectivity index (χ4n) is 3.75. The van der Waals surface area contributed by atoms with Gasteiger partial charge in [0.15, 0.2) is 6.61 Å². The molecule has 0 saturated carbocycles. The van der Waals surface area contributed by atoms with Crippen LogP contribution in [0.3, 0.4) is 0 Å². The summed E-state index contributed by atoms with van der Waals surface area (Å²) < 4.78 is 5.73. The average Bonchev–Trinajstić information content (AvgIpc) is 2.83. The fourth-order valence-corrected chi connectivity index (χ4v) is 3.75. The van der Waals surface area contributed by atoms with Gasteiger partial charge in [-0.1, -0.05) is 17.7 Å². The molecule has 2 aliphatic heterocycles. The van der Waals surface area contributed by atoms with Gasteiger partial charge in [-0.05, 0) is 51.2 Å². The van der Waals surface area contributed by atoms with Gasteiger partial charge in [-0.3, -0.25) is 4.79 Å². The number of hydrogen-bond acceptors (Lipinski definition) is 3. The molecule has 5 heteroatoms. The Hall–Kier alpha value is -1.26. The van der Waals surface area contributed by atoms with E-state index in [1.54, 1.807) is 0 Å². The molecule has 3 rings (SSSR count). The Morgan fingerprint density at radius 3 is 2.52 bits per heavy atom. The molecule has 2 saturated heterocycles. The summed E-state index contributed by atoms with van der Waals surface area (Å²) >= 11 is 0. The number of halogens is 1. The maximum atomic E-state index is 12.4. The third-order valence-corrected chi connectivity index (χ3v) is 5.07. The summed E-state index contributed by atoms with van der Waals surface area (Å²) in [6.45, 7) is 4.20. The number of nitrogens with zero attached hydrogens (tertiary/aromatic N) is 1. The number of ether oxygens (including phenoxy) is 1. The highest BCUT2D eigenvalue weighted by Crippen LogP contribution is 2.29. The van der Waals surface area contributed by atoms with Crippen molar-refractivity contribution in [3.8, 4) is 5.75 Å². The van der Waals surface area contributed by atoms with E-state index in [-0.39, 0.29) is 24.9 Å². The Bertz CT molecular complexity index is 552. The van der Waals surface area contributed by atoms with Gasteiger partial charge in [0, 0.05) is 25.2 Å². The third-order valence-electron chi connectivity index (χ3n) is 5.07. The first-order valence-corrected chi connectivity index (χ1v) is 8.24. The number of benzene rings is 1. The summed E-state index contributed by atoms with van der Waals surface area (Å²) in [4.78, 5) is 14.3. The molecule has 128 valence electrons. The number of hydrogen-bond donors (Lipinski definition) is 1. The van der Waals surface area contributed by atoms with Crippen LogP contribution >= 0.6 is 12.4 Å². The molecule has 0 radical (unpaired) electrons. The number of piperidine rings is 1. The van der Waals surface area contributed by atoms with E-state index >= 15 is 0 Å². The quantitative estimate of drug-likeness (QED) is 0.917. The summed E-state index contributed by atoms with van der Waals surface area (Å²) in [6, 6.07) is 7.59. The molecule has 2 atom stereocenters. The molecule has 2 fully saturated rings. The van der Waals surface area contributed by atoms with E-state index in [9.17, 15) is 4.79 Å². The van der Waals surface area contributed by atoms with Crippen LogP contribution in [-0.2, 0) is 4.79 Å². The van der Waals surface area contributed by atoms with Crippen LogP contribution in [0, 0.1) is 13.8 Å². The molecule has 2 unspecified atom stereocenters. The SMILES string of the molecule is Cc1ccc(OCC(=O)N(C)C2CC3CCC(C2)N3)c(C)c1.Cl. The number of amides is 1. The van der Waals surface area contributed by atoms with Gasteiger partial charge < -0.3 is 15.0 Å². The van der Waals surface area contributed by atoms with Gasteiger partial charge in [0.1, 0.15) is 5.75 Å². The van der Waals surface area contributed by atoms with Crippen molar-refractivity contribution in [1.82, 2.24) is 10.2 Å². The summed E-state index contributed by atoms with van der Waals surface area (Å²) in [7, 11) is 1.92. The molecule has 23 heavy (non-hydrogen) atoms. The maximum absolute atomic E-state index is 12.4. The highest BCUT2D eigenvalue weighted by atomic mass is 35.5. The average molecular weight is 339 g/mol. The molecule has 1 aromatic carbocycles.